The number of hydrogen-bond donors (Lipinski definition) is 0. The first-order valence-electron chi connectivity index (χ1n) is 9.08. The van der Waals surface area contributed by atoms with Gasteiger partial charge in [-0.15, -0.1) is 0 Å². The predicted molar refractivity (Wildman–Crippen MR) is 97.2 cm³/mol. The van der Waals surface area contributed by atoms with E-state index in [9.17, 15) is 0 Å². The lowest BCUT2D eigenvalue weighted by Crippen LogP contribution is -2.42. The molecule has 0 amide bonds. The van der Waals surface area contributed by atoms with Crippen LogP contribution < -0.4 is 0 Å². The van der Waals surface area contributed by atoms with Crippen molar-refractivity contribution < 1.29 is 4.74 Å². The number of methoxy groups -OCH3 is 1. The van der Waals surface area contributed by atoms with Crippen molar-refractivity contribution in [1.82, 2.24) is 0 Å². The fourth-order valence-corrected chi connectivity index (χ4v) is 3.52. The van der Waals surface area contributed by atoms with E-state index < -0.39 is 0 Å². The monoisotopic (exact) mass is 304 g/mol. The number of hydrogen-bond acceptors (Lipinski definition) is 1. The first-order valence-corrected chi connectivity index (χ1v) is 9.08. The molecule has 0 saturated heterocycles. The maximum Gasteiger partial charge on any atom is 0.0975 e. The summed E-state index contributed by atoms with van der Waals surface area (Å²) in [5, 5.41) is 0. The summed E-state index contributed by atoms with van der Waals surface area (Å²) in [6, 6.07) is 10.8. The van der Waals surface area contributed by atoms with Gasteiger partial charge in [-0.05, 0) is 17.4 Å². The zero-order chi connectivity index (χ0) is 16.5. The molecule has 1 aromatic carbocycles. The van der Waals surface area contributed by atoms with Crippen LogP contribution in [0.25, 0.3) is 0 Å². The van der Waals surface area contributed by atoms with Gasteiger partial charge in [0.15, 0.2) is 0 Å². The van der Waals surface area contributed by atoms with E-state index >= 15 is 0 Å². The van der Waals surface area contributed by atoms with Gasteiger partial charge in [0.2, 0.25) is 0 Å². The average molecular weight is 305 g/mol. The molecule has 126 valence electrons. The van der Waals surface area contributed by atoms with Crippen LogP contribution in [0.1, 0.15) is 84.6 Å². The molecule has 1 heteroatoms. The van der Waals surface area contributed by atoms with Crippen LogP contribution in [0, 0.1) is 5.41 Å². The fourth-order valence-electron chi connectivity index (χ4n) is 3.52. The highest BCUT2D eigenvalue weighted by atomic mass is 16.5. The van der Waals surface area contributed by atoms with Gasteiger partial charge >= 0.3 is 0 Å². The molecule has 0 spiro atoms. The third-order valence-electron chi connectivity index (χ3n) is 4.93. The van der Waals surface area contributed by atoms with Gasteiger partial charge in [-0.2, -0.15) is 0 Å². The van der Waals surface area contributed by atoms with E-state index in [2.05, 4.69) is 58.0 Å². The number of ether oxygens (including phenoxy) is 1. The molecule has 0 aromatic heterocycles. The van der Waals surface area contributed by atoms with Gasteiger partial charge < -0.3 is 4.74 Å². The summed E-state index contributed by atoms with van der Waals surface area (Å²) in [5.74, 6) is 0. The Morgan fingerprint density at radius 3 is 1.86 bits per heavy atom. The van der Waals surface area contributed by atoms with Crippen molar-refractivity contribution >= 4 is 0 Å². The van der Waals surface area contributed by atoms with Crippen LogP contribution in [0.3, 0.4) is 0 Å². The molecule has 0 aliphatic carbocycles. The van der Waals surface area contributed by atoms with Crippen LogP contribution in [0.5, 0.6) is 0 Å². The maximum absolute atomic E-state index is 6.13. The van der Waals surface area contributed by atoms with Crippen LogP contribution in [0.15, 0.2) is 30.3 Å². The molecule has 22 heavy (non-hydrogen) atoms. The Morgan fingerprint density at radius 2 is 1.36 bits per heavy atom. The van der Waals surface area contributed by atoms with Crippen molar-refractivity contribution in [3.63, 3.8) is 0 Å². The summed E-state index contributed by atoms with van der Waals surface area (Å²) in [5.41, 5.74) is 1.22. The molecule has 0 radical (unpaired) electrons. The average Bonchev–Trinajstić information content (AvgIpc) is 2.50. The molecule has 0 N–H and O–H groups in total. The smallest absolute Gasteiger partial charge is 0.0975 e. The first kappa shape index (κ1) is 19.2. The van der Waals surface area contributed by atoms with Crippen LogP contribution in [-0.2, 0) is 10.3 Å². The molecule has 1 nitrogen and oxygen atoms in total. The van der Waals surface area contributed by atoms with Gasteiger partial charge in [-0.25, -0.2) is 0 Å². The molecular weight excluding hydrogens is 268 g/mol. The minimum Gasteiger partial charge on any atom is -0.373 e. The lowest BCUT2D eigenvalue weighted by molar-refractivity contribution is -0.106. The zero-order valence-corrected chi connectivity index (χ0v) is 15.5. The maximum atomic E-state index is 6.13. The molecule has 1 rings (SSSR count). The molecule has 1 unspecified atom stereocenters. The van der Waals surface area contributed by atoms with Crippen molar-refractivity contribution in [3.8, 4) is 0 Å². The third-order valence-corrected chi connectivity index (χ3v) is 4.93. The zero-order valence-electron chi connectivity index (χ0n) is 15.5. The predicted octanol–water partition coefficient (Wildman–Crippen LogP) is 6.72. The fraction of sp³-hybridized carbons (Fsp3) is 0.714. The second-order valence-electron chi connectivity index (χ2n) is 7.52. The van der Waals surface area contributed by atoms with E-state index in [1.807, 2.05) is 7.11 Å². The van der Waals surface area contributed by atoms with Crippen LogP contribution in [0.4, 0.5) is 0 Å². The van der Waals surface area contributed by atoms with Crippen molar-refractivity contribution in [2.75, 3.05) is 7.11 Å². The van der Waals surface area contributed by atoms with Crippen LogP contribution >= 0.6 is 0 Å². The second-order valence-corrected chi connectivity index (χ2v) is 7.52. The Kier molecular flexibility index (Phi) is 8.17. The summed E-state index contributed by atoms with van der Waals surface area (Å²) in [6.45, 7) is 9.16. The molecule has 0 aliphatic heterocycles. The minimum absolute atomic E-state index is 0.0886. The Balaban J connectivity index is 2.65. The van der Waals surface area contributed by atoms with Crippen molar-refractivity contribution in [3.05, 3.63) is 35.9 Å². The van der Waals surface area contributed by atoms with Gasteiger partial charge in [0.05, 0.1) is 5.60 Å². The van der Waals surface area contributed by atoms with Gasteiger partial charge in [0, 0.05) is 7.11 Å². The van der Waals surface area contributed by atoms with Gasteiger partial charge in [-0.3, -0.25) is 0 Å². The summed E-state index contributed by atoms with van der Waals surface area (Å²) in [7, 11) is 1.87. The van der Waals surface area contributed by atoms with Crippen LogP contribution in [0.2, 0.25) is 0 Å². The molecule has 1 aromatic rings. The van der Waals surface area contributed by atoms with Gasteiger partial charge in [-0.1, -0.05) is 103 Å². The standard InChI is InChI=1S/C21H36O/c1-6-7-8-9-10-11-15-18-21(22-5,20(2,3)4)19-16-13-12-14-17-19/h12-14,16-17H,6-11,15,18H2,1-5H3. The van der Waals surface area contributed by atoms with E-state index in [4.69, 9.17) is 4.74 Å². The largest absolute Gasteiger partial charge is 0.373 e. The summed E-state index contributed by atoms with van der Waals surface area (Å²) in [4.78, 5) is 0. The van der Waals surface area contributed by atoms with E-state index in [-0.39, 0.29) is 11.0 Å². The lowest BCUT2D eigenvalue weighted by atomic mass is 9.69. The Morgan fingerprint density at radius 1 is 0.818 bits per heavy atom. The van der Waals surface area contributed by atoms with E-state index in [1.54, 1.807) is 0 Å². The molecule has 0 heterocycles. The molecule has 0 bridgehead atoms. The van der Waals surface area contributed by atoms with Gasteiger partial charge in [0.1, 0.15) is 0 Å². The minimum atomic E-state index is -0.183. The van der Waals surface area contributed by atoms with Crippen molar-refractivity contribution in [2.45, 2.75) is 84.7 Å². The number of benzene rings is 1. The second kappa shape index (κ2) is 9.35. The van der Waals surface area contributed by atoms with Crippen molar-refractivity contribution in [2.24, 2.45) is 5.41 Å². The number of unbranched alkanes of at least 4 members (excludes halogenated alkanes) is 6. The lowest BCUT2D eigenvalue weighted by Gasteiger charge is -2.44. The molecule has 0 fully saturated rings. The molecule has 0 saturated carbocycles. The Bertz CT molecular complexity index is 390. The van der Waals surface area contributed by atoms with E-state index in [0.717, 1.165) is 6.42 Å². The van der Waals surface area contributed by atoms with E-state index in [1.165, 1.54) is 50.5 Å². The SMILES string of the molecule is CCCCCCCCCC(OC)(c1ccccc1)C(C)(C)C. The topological polar surface area (TPSA) is 9.23 Å². The first-order chi connectivity index (χ1) is 10.5. The Labute approximate surface area is 138 Å². The van der Waals surface area contributed by atoms with Gasteiger partial charge in [0.25, 0.3) is 0 Å². The normalized spacial score (nSPS) is 14.8. The molecule has 1 atom stereocenters. The highest BCUT2D eigenvalue weighted by molar-refractivity contribution is 5.25. The highest BCUT2D eigenvalue weighted by Gasteiger charge is 2.43. The third kappa shape index (κ3) is 5.12. The Hall–Kier alpha value is -0.820. The molecular formula is C21H36O. The summed E-state index contributed by atoms with van der Waals surface area (Å²) in [6.07, 6.45) is 10.5. The summed E-state index contributed by atoms with van der Waals surface area (Å²) < 4.78 is 6.13. The number of rotatable bonds is 10. The van der Waals surface area contributed by atoms with E-state index in [0.29, 0.717) is 0 Å². The van der Waals surface area contributed by atoms with Crippen molar-refractivity contribution in [1.29, 1.82) is 0 Å². The highest BCUT2D eigenvalue weighted by Crippen LogP contribution is 2.46. The quantitative estimate of drug-likeness (QED) is 0.436. The summed E-state index contributed by atoms with van der Waals surface area (Å²) >= 11 is 0. The molecule has 0 aliphatic rings. The van der Waals surface area contributed by atoms with Crippen LogP contribution in [-0.4, -0.2) is 7.11 Å².